The van der Waals surface area contributed by atoms with Crippen molar-refractivity contribution in [3.8, 4) is 0 Å². The quantitative estimate of drug-likeness (QED) is 0.493. The average Bonchev–Trinajstić information content (AvgIpc) is 3.00. The Balaban J connectivity index is 1.62. The second-order valence-electron chi connectivity index (χ2n) is 8.60. The van der Waals surface area contributed by atoms with Crippen LogP contribution in [0.25, 0.3) is 0 Å². The van der Waals surface area contributed by atoms with Gasteiger partial charge in [-0.3, -0.25) is 24.1 Å². The van der Waals surface area contributed by atoms with Crippen molar-refractivity contribution in [3.63, 3.8) is 0 Å². The highest BCUT2D eigenvalue weighted by atomic mass is 16.5. The van der Waals surface area contributed by atoms with Crippen molar-refractivity contribution in [2.75, 3.05) is 53.1 Å². The van der Waals surface area contributed by atoms with Crippen molar-refractivity contribution < 1.29 is 28.7 Å². The van der Waals surface area contributed by atoms with Gasteiger partial charge in [-0.25, -0.2) is 0 Å². The van der Waals surface area contributed by atoms with E-state index in [1.165, 1.54) is 11.0 Å². The van der Waals surface area contributed by atoms with Crippen LogP contribution in [0.15, 0.2) is 18.2 Å². The van der Waals surface area contributed by atoms with Crippen LogP contribution >= 0.6 is 0 Å². The van der Waals surface area contributed by atoms with Gasteiger partial charge in [-0.05, 0) is 39.0 Å². The fraction of sp³-hybridized carbons (Fsp3) is 0.545. The zero-order valence-electron chi connectivity index (χ0n) is 18.5. The molecule has 0 aromatic heterocycles. The molecule has 2 aliphatic rings. The Morgan fingerprint density at radius 1 is 0.935 bits per heavy atom. The largest absolute Gasteiger partial charge is 0.382 e. The third-order valence-corrected chi connectivity index (χ3v) is 5.38. The van der Waals surface area contributed by atoms with Gasteiger partial charge in [-0.15, -0.1) is 0 Å². The van der Waals surface area contributed by atoms with Gasteiger partial charge in [0.1, 0.15) is 6.61 Å². The van der Waals surface area contributed by atoms with Crippen LogP contribution in [0, 0.1) is 0 Å². The van der Waals surface area contributed by atoms with E-state index >= 15 is 0 Å². The highest BCUT2D eigenvalue weighted by Gasteiger charge is 2.42. The number of ether oxygens (including phenoxy) is 2. The number of amides is 4. The molecular formula is C22H29N3O6. The molecule has 1 aromatic carbocycles. The van der Waals surface area contributed by atoms with Gasteiger partial charge in [0, 0.05) is 44.4 Å². The Labute approximate surface area is 181 Å². The molecule has 9 nitrogen and oxygen atoms in total. The van der Waals surface area contributed by atoms with E-state index in [-0.39, 0.29) is 35.8 Å². The standard InChI is InChI=1S/C22H29N3O6/c1-22(2,3)25-20(28)16-6-5-15(13-17(16)21(25)29)19(27)24-9-7-23(8-10-24)18(26)14-31-12-11-30-4/h5-6,13H,7-12,14H2,1-4H3. The maximum Gasteiger partial charge on any atom is 0.262 e. The van der Waals surface area contributed by atoms with E-state index in [0.717, 1.165) is 0 Å². The molecule has 2 aliphatic heterocycles. The molecule has 0 atom stereocenters. The van der Waals surface area contributed by atoms with Gasteiger partial charge in [-0.2, -0.15) is 0 Å². The predicted molar refractivity (Wildman–Crippen MR) is 112 cm³/mol. The van der Waals surface area contributed by atoms with Crippen molar-refractivity contribution in [2.45, 2.75) is 26.3 Å². The number of methoxy groups -OCH3 is 1. The summed E-state index contributed by atoms with van der Waals surface area (Å²) in [6.07, 6.45) is 0. The third-order valence-electron chi connectivity index (χ3n) is 5.38. The van der Waals surface area contributed by atoms with E-state index in [2.05, 4.69) is 0 Å². The fourth-order valence-corrected chi connectivity index (χ4v) is 3.72. The molecule has 0 unspecified atom stereocenters. The molecule has 1 fully saturated rings. The molecule has 1 saturated heterocycles. The second-order valence-corrected chi connectivity index (χ2v) is 8.60. The topological polar surface area (TPSA) is 96.5 Å². The monoisotopic (exact) mass is 431 g/mol. The smallest absolute Gasteiger partial charge is 0.262 e. The van der Waals surface area contributed by atoms with Crippen LogP contribution in [-0.4, -0.2) is 97.0 Å². The van der Waals surface area contributed by atoms with Gasteiger partial charge in [0.15, 0.2) is 0 Å². The number of nitrogens with zero attached hydrogens (tertiary/aromatic N) is 3. The Kier molecular flexibility index (Phi) is 6.76. The minimum atomic E-state index is -0.645. The van der Waals surface area contributed by atoms with Crippen LogP contribution in [0.1, 0.15) is 51.8 Å². The number of piperazine rings is 1. The first-order valence-corrected chi connectivity index (χ1v) is 10.3. The maximum absolute atomic E-state index is 13.0. The van der Waals surface area contributed by atoms with Crippen LogP contribution in [0.3, 0.4) is 0 Å². The number of hydrogen-bond donors (Lipinski definition) is 0. The first-order chi connectivity index (χ1) is 14.6. The zero-order chi connectivity index (χ0) is 22.8. The lowest BCUT2D eigenvalue weighted by Gasteiger charge is -2.34. The summed E-state index contributed by atoms with van der Waals surface area (Å²) in [5, 5.41) is 0. The number of benzene rings is 1. The molecule has 168 valence electrons. The molecule has 4 amide bonds. The van der Waals surface area contributed by atoms with Crippen LogP contribution in [-0.2, 0) is 14.3 Å². The highest BCUT2D eigenvalue weighted by molar-refractivity contribution is 6.22. The lowest BCUT2D eigenvalue weighted by Crippen LogP contribution is -2.51. The van der Waals surface area contributed by atoms with E-state index in [0.29, 0.717) is 50.5 Å². The van der Waals surface area contributed by atoms with Crippen LogP contribution in [0.2, 0.25) is 0 Å². The molecule has 9 heteroatoms. The molecule has 1 aromatic rings. The summed E-state index contributed by atoms with van der Waals surface area (Å²) in [6.45, 7) is 7.77. The Bertz CT molecular complexity index is 884. The normalized spacial score (nSPS) is 16.7. The lowest BCUT2D eigenvalue weighted by molar-refractivity contribution is -0.138. The lowest BCUT2D eigenvalue weighted by atomic mass is 10.0. The summed E-state index contributed by atoms with van der Waals surface area (Å²) in [5.41, 5.74) is 0.291. The van der Waals surface area contributed by atoms with Crippen molar-refractivity contribution >= 4 is 23.6 Å². The van der Waals surface area contributed by atoms with E-state index in [9.17, 15) is 19.2 Å². The molecular weight excluding hydrogens is 402 g/mol. The van der Waals surface area contributed by atoms with Gasteiger partial charge in [0.05, 0.1) is 24.3 Å². The van der Waals surface area contributed by atoms with Crippen molar-refractivity contribution in [3.05, 3.63) is 34.9 Å². The second kappa shape index (κ2) is 9.15. The van der Waals surface area contributed by atoms with E-state index < -0.39 is 5.54 Å². The van der Waals surface area contributed by atoms with Crippen molar-refractivity contribution in [1.29, 1.82) is 0 Å². The number of carbonyl (C=O) groups excluding carboxylic acids is 4. The summed E-state index contributed by atoms with van der Waals surface area (Å²) in [4.78, 5) is 55.1. The first kappa shape index (κ1) is 22.9. The molecule has 0 N–H and O–H groups in total. The SMILES string of the molecule is COCCOCC(=O)N1CCN(C(=O)c2ccc3c(c2)C(=O)N(C(C)(C)C)C3=O)CC1. The van der Waals surface area contributed by atoms with Crippen molar-refractivity contribution in [2.24, 2.45) is 0 Å². The van der Waals surface area contributed by atoms with Crippen LogP contribution < -0.4 is 0 Å². The Morgan fingerprint density at radius 3 is 2.16 bits per heavy atom. The van der Waals surface area contributed by atoms with Gasteiger partial charge in [-0.1, -0.05) is 0 Å². The van der Waals surface area contributed by atoms with Crippen molar-refractivity contribution in [1.82, 2.24) is 14.7 Å². The number of hydrogen-bond acceptors (Lipinski definition) is 6. The molecule has 0 aliphatic carbocycles. The predicted octanol–water partition coefficient (Wildman–Crippen LogP) is 1.03. The van der Waals surface area contributed by atoms with Crippen LogP contribution in [0.4, 0.5) is 0 Å². The highest BCUT2D eigenvalue weighted by Crippen LogP contribution is 2.30. The Hall–Kier alpha value is -2.78. The first-order valence-electron chi connectivity index (χ1n) is 10.3. The van der Waals surface area contributed by atoms with E-state index in [1.807, 2.05) is 0 Å². The van der Waals surface area contributed by atoms with Gasteiger partial charge >= 0.3 is 0 Å². The van der Waals surface area contributed by atoms with Gasteiger partial charge in [0.2, 0.25) is 5.91 Å². The third kappa shape index (κ3) is 4.77. The fourth-order valence-electron chi connectivity index (χ4n) is 3.72. The summed E-state index contributed by atoms with van der Waals surface area (Å²) in [7, 11) is 1.57. The summed E-state index contributed by atoms with van der Waals surface area (Å²) in [6, 6.07) is 4.64. The summed E-state index contributed by atoms with van der Waals surface area (Å²) < 4.78 is 10.1. The zero-order valence-corrected chi connectivity index (χ0v) is 18.5. The minimum Gasteiger partial charge on any atom is -0.382 e. The van der Waals surface area contributed by atoms with E-state index in [4.69, 9.17) is 9.47 Å². The molecule has 0 spiro atoms. The molecule has 0 radical (unpaired) electrons. The number of fused-ring (bicyclic) bond motifs is 1. The molecule has 0 bridgehead atoms. The van der Waals surface area contributed by atoms with E-state index in [1.54, 1.807) is 49.8 Å². The summed E-state index contributed by atoms with van der Waals surface area (Å²) in [5.74, 6) is -1.06. The molecule has 3 rings (SSSR count). The Morgan fingerprint density at radius 2 is 1.55 bits per heavy atom. The van der Waals surface area contributed by atoms with Gasteiger partial charge < -0.3 is 19.3 Å². The minimum absolute atomic E-state index is 0.0114. The number of carbonyl (C=O) groups is 4. The number of imide groups is 1. The maximum atomic E-state index is 13.0. The average molecular weight is 431 g/mol. The molecule has 0 saturated carbocycles. The van der Waals surface area contributed by atoms with Crippen LogP contribution in [0.5, 0.6) is 0 Å². The number of rotatable bonds is 6. The van der Waals surface area contributed by atoms with Gasteiger partial charge in [0.25, 0.3) is 17.7 Å². The molecule has 31 heavy (non-hydrogen) atoms. The molecule has 2 heterocycles. The summed E-state index contributed by atoms with van der Waals surface area (Å²) >= 11 is 0.